The zero-order valence-electron chi connectivity index (χ0n) is 17.3. The van der Waals surface area contributed by atoms with E-state index in [4.69, 9.17) is 10.5 Å². The third kappa shape index (κ3) is 5.23. The van der Waals surface area contributed by atoms with Crippen LogP contribution in [0.4, 0.5) is 21.5 Å². The lowest BCUT2D eigenvalue weighted by molar-refractivity contribution is -0.114. The van der Waals surface area contributed by atoms with Gasteiger partial charge < -0.3 is 26.4 Å². The van der Waals surface area contributed by atoms with Crippen LogP contribution in [0.15, 0.2) is 36.5 Å². The van der Waals surface area contributed by atoms with Crippen LogP contribution < -0.4 is 26.4 Å². The number of nitrogens with two attached hydrogens (primary N) is 1. The van der Waals surface area contributed by atoms with Crippen molar-refractivity contribution in [3.05, 3.63) is 47.9 Å². The fourth-order valence-electron chi connectivity index (χ4n) is 2.89. The summed E-state index contributed by atoms with van der Waals surface area (Å²) in [6.07, 6.45) is 1.56. The molecule has 0 aliphatic rings. The predicted octanol–water partition coefficient (Wildman–Crippen LogP) is 2.75. The Bertz CT molecular complexity index is 1140. The molecule has 0 spiro atoms. The number of rotatable bonds is 7. The lowest BCUT2D eigenvalue weighted by atomic mass is 10.1. The molecule has 0 unspecified atom stereocenters. The monoisotopic (exact) mass is 426 g/mol. The van der Waals surface area contributed by atoms with E-state index >= 15 is 0 Å². The van der Waals surface area contributed by atoms with Crippen LogP contribution in [-0.4, -0.2) is 41.5 Å². The van der Waals surface area contributed by atoms with Crippen molar-refractivity contribution in [2.75, 3.05) is 29.6 Å². The van der Waals surface area contributed by atoms with Crippen molar-refractivity contribution in [3.8, 4) is 6.01 Å². The molecule has 31 heavy (non-hydrogen) atoms. The van der Waals surface area contributed by atoms with E-state index in [0.29, 0.717) is 17.4 Å². The molecule has 9 nitrogen and oxygen atoms in total. The summed E-state index contributed by atoms with van der Waals surface area (Å²) in [7, 11) is 1.43. The predicted molar refractivity (Wildman–Crippen MR) is 117 cm³/mol. The molecule has 0 saturated heterocycles. The Labute approximate surface area is 178 Å². The molecule has 2 amide bonds. The van der Waals surface area contributed by atoms with Gasteiger partial charge in [0.25, 0.3) is 5.91 Å². The number of ether oxygens (including phenoxy) is 1. The van der Waals surface area contributed by atoms with E-state index in [1.807, 2.05) is 6.92 Å². The molecule has 3 rings (SSSR count). The number of anilines is 3. The van der Waals surface area contributed by atoms with Gasteiger partial charge >= 0.3 is 6.01 Å². The Hall–Kier alpha value is -3.79. The summed E-state index contributed by atoms with van der Waals surface area (Å²) >= 11 is 0. The molecule has 0 aliphatic carbocycles. The van der Waals surface area contributed by atoms with E-state index < -0.39 is 17.6 Å². The number of hydrogen-bond donors (Lipinski definition) is 4. The van der Waals surface area contributed by atoms with Crippen LogP contribution in [-0.2, 0) is 4.79 Å². The maximum atomic E-state index is 14.2. The Morgan fingerprint density at radius 3 is 2.58 bits per heavy atom. The van der Waals surface area contributed by atoms with E-state index in [-0.39, 0.29) is 29.0 Å². The van der Waals surface area contributed by atoms with Crippen molar-refractivity contribution in [2.45, 2.75) is 19.9 Å². The highest BCUT2D eigenvalue weighted by Gasteiger charge is 2.17. The highest BCUT2D eigenvalue weighted by Crippen LogP contribution is 2.27. The topological polar surface area (TPSA) is 131 Å². The first-order chi connectivity index (χ1) is 14.8. The van der Waals surface area contributed by atoms with Crippen molar-refractivity contribution in [2.24, 2.45) is 5.73 Å². The summed E-state index contributed by atoms with van der Waals surface area (Å²) in [5.41, 5.74) is 7.41. The zero-order chi connectivity index (χ0) is 22.5. The van der Waals surface area contributed by atoms with Gasteiger partial charge in [0.2, 0.25) is 5.91 Å². The van der Waals surface area contributed by atoms with Crippen molar-refractivity contribution in [1.82, 2.24) is 9.97 Å². The summed E-state index contributed by atoms with van der Waals surface area (Å²) in [5.74, 6) is -1.55. The first-order valence-corrected chi connectivity index (χ1v) is 9.50. The first kappa shape index (κ1) is 21.9. The van der Waals surface area contributed by atoms with E-state index in [1.54, 1.807) is 18.3 Å². The number of nitrogens with one attached hydrogen (secondary N) is 3. The van der Waals surface area contributed by atoms with Gasteiger partial charge in [0, 0.05) is 42.5 Å². The minimum atomic E-state index is -0.669. The Balaban J connectivity index is 1.94. The minimum absolute atomic E-state index is 0.0259. The summed E-state index contributed by atoms with van der Waals surface area (Å²) in [6.45, 7) is 3.67. The summed E-state index contributed by atoms with van der Waals surface area (Å²) in [6, 6.07) is 7.36. The van der Waals surface area contributed by atoms with Gasteiger partial charge in [-0.1, -0.05) is 0 Å². The van der Waals surface area contributed by atoms with Gasteiger partial charge in [-0.05, 0) is 37.3 Å². The molecular formula is C21H23FN6O3. The van der Waals surface area contributed by atoms with Gasteiger partial charge in [-0.2, -0.15) is 4.98 Å². The summed E-state index contributed by atoms with van der Waals surface area (Å²) in [5, 5.41) is 8.84. The molecule has 0 bridgehead atoms. The number of benzene rings is 2. The number of methoxy groups -OCH3 is 1. The van der Waals surface area contributed by atoms with Crippen LogP contribution >= 0.6 is 0 Å². The van der Waals surface area contributed by atoms with Gasteiger partial charge in [0.05, 0.1) is 23.9 Å². The summed E-state index contributed by atoms with van der Waals surface area (Å²) in [4.78, 5) is 32.5. The van der Waals surface area contributed by atoms with E-state index in [2.05, 4.69) is 25.9 Å². The van der Waals surface area contributed by atoms with Crippen molar-refractivity contribution < 1.29 is 18.7 Å². The quantitative estimate of drug-likeness (QED) is 0.457. The van der Waals surface area contributed by atoms with Gasteiger partial charge in [-0.25, -0.2) is 9.37 Å². The molecule has 1 atom stereocenters. The molecule has 5 N–H and O–H groups in total. The van der Waals surface area contributed by atoms with Gasteiger partial charge in [-0.15, -0.1) is 0 Å². The number of carbonyl (C=O) groups is 2. The third-order valence-corrected chi connectivity index (χ3v) is 4.31. The molecule has 3 aromatic rings. The standard InChI is InChI=1S/C21H23FN6O3/c1-11(23)9-24-17-7-5-14(19-15(17)10-25-21(28-19)31-3)20(30)27-13-4-6-18(16(22)8-13)26-12(2)29/h4-8,10-11,24H,9,23H2,1-3H3,(H,26,29)(H,27,30)/t11-/m0/s1. The van der Waals surface area contributed by atoms with Crippen molar-refractivity contribution in [1.29, 1.82) is 0 Å². The largest absolute Gasteiger partial charge is 0.467 e. The van der Waals surface area contributed by atoms with Crippen molar-refractivity contribution >= 4 is 39.8 Å². The second kappa shape index (κ2) is 9.35. The second-order valence-electron chi connectivity index (χ2n) is 6.97. The molecule has 162 valence electrons. The van der Waals surface area contributed by atoms with Gasteiger partial charge in [0.1, 0.15) is 5.82 Å². The molecule has 10 heteroatoms. The number of fused-ring (bicyclic) bond motifs is 1. The second-order valence-corrected chi connectivity index (χ2v) is 6.97. The van der Waals surface area contributed by atoms with E-state index in [9.17, 15) is 14.0 Å². The zero-order valence-corrected chi connectivity index (χ0v) is 17.3. The smallest absolute Gasteiger partial charge is 0.316 e. The number of amides is 2. The lowest BCUT2D eigenvalue weighted by Crippen LogP contribution is -2.25. The molecule has 1 aromatic heterocycles. The maximum Gasteiger partial charge on any atom is 0.316 e. The number of hydrogen-bond acceptors (Lipinski definition) is 7. The molecule has 0 fully saturated rings. The lowest BCUT2D eigenvalue weighted by Gasteiger charge is -2.14. The minimum Gasteiger partial charge on any atom is -0.467 e. The van der Waals surface area contributed by atoms with Crippen LogP contribution in [0.5, 0.6) is 6.01 Å². The molecule has 1 heterocycles. The molecule has 2 aromatic carbocycles. The van der Waals surface area contributed by atoms with Crippen LogP contribution in [0.3, 0.4) is 0 Å². The SMILES string of the molecule is COc1ncc2c(NC[C@H](C)N)ccc(C(=O)Nc3ccc(NC(C)=O)c(F)c3)c2n1. The fraction of sp³-hybridized carbons (Fsp3) is 0.238. The fourth-order valence-corrected chi connectivity index (χ4v) is 2.89. The van der Waals surface area contributed by atoms with Crippen LogP contribution in [0, 0.1) is 5.82 Å². The normalized spacial score (nSPS) is 11.6. The molecule has 0 aliphatic heterocycles. The molecule has 0 saturated carbocycles. The molecular weight excluding hydrogens is 403 g/mol. The average molecular weight is 426 g/mol. The Kier molecular flexibility index (Phi) is 6.61. The third-order valence-electron chi connectivity index (χ3n) is 4.31. The highest BCUT2D eigenvalue weighted by molar-refractivity contribution is 6.13. The molecule has 0 radical (unpaired) electrons. The van der Waals surface area contributed by atoms with Crippen molar-refractivity contribution in [3.63, 3.8) is 0 Å². The van der Waals surface area contributed by atoms with E-state index in [0.717, 1.165) is 11.8 Å². The van der Waals surface area contributed by atoms with Gasteiger partial charge in [0.15, 0.2) is 0 Å². The number of aromatic nitrogens is 2. The van der Waals surface area contributed by atoms with Gasteiger partial charge in [-0.3, -0.25) is 9.59 Å². The highest BCUT2D eigenvalue weighted by atomic mass is 19.1. The maximum absolute atomic E-state index is 14.2. The van der Waals surface area contributed by atoms with Crippen LogP contribution in [0.2, 0.25) is 0 Å². The average Bonchev–Trinajstić information content (AvgIpc) is 2.73. The summed E-state index contributed by atoms with van der Waals surface area (Å²) < 4.78 is 19.3. The number of carbonyl (C=O) groups excluding carboxylic acids is 2. The number of halogens is 1. The van der Waals surface area contributed by atoms with Crippen LogP contribution in [0.25, 0.3) is 10.9 Å². The number of nitrogens with zero attached hydrogens (tertiary/aromatic N) is 2. The first-order valence-electron chi connectivity index (χ1n) is 9.50. The van der Waals surface area contributed by atoms with Crippen LogP contribution in [0.1, 0.15) is 24.2 Å². The van der Waals surface area contributed by atoms with E-state index in [1.165, 1.54) is 26.2 Å². The Morgan fingerprint density at radius 2 is 1.94 bits per heavy atom. The Morgan fingerprint density at radius 1 is 1.19 bits per heavy atom.